The SMILES string of the molecule is CC1=C(C(=O)c2ccccc2)[C@@H](c2ccccc2)C2=C(CC(C)(C)CC2=O)N1. The Labute approximate surface area is 166 Å². The summed E-state index contributed by atoms with van der Waals surface area (Å²) in [6.45, 7) is 6.19. The Morgan fingerprint density at radius 1 is 0.964 bits per heavy atom. The van der Waals surface area contributed by atoms with E-state index in [-0.39, 0.29) is 22.9 Å². The zero-order chi connectivity index (χ0) is 19.9. The summed E-state index contributed by atoms with van der Waals surface area (Å²) >= 11 is 0. The van der Waals surface area contributed by atoms with Crippen molar-refractivity contribution in [3.8, 4) is 0 Å². The fraction of sp³-hybridized carbons (Fsp3) is 0.280. The minimum absolute atomic E-state index is 0.0244. The van der Waals surface area contributed by atoms with Crippen LogP contribution in [0.4, 0.5) is 0 Å². The van der Waals surface area contributed by atoms with E-state index in [0.29, 0.717) is 17.6 Å². The van der Waals surface area contributed by atoms with Crippen LogP contribution in [0.1, 0.15) is 55.5 Å². The molecule has 0 unspecified atom stereocenters. The molecule has 1 heterocycles. The zero-order valence-corrected chi connectivity index (χ0v) is 16.6. The average Bonchev–Trinajstić information content (AvgIpc) is 2.67. The van der Waals surface area contributed by atoms with Crippen molar-refractivity contribution in [2.75, 3.05) is 0 Å². The smallest absolute Gasteiger partial charge is 0.191 e. The van der Waals surface area contributed by atoms with Crippen LogP contribution in [0.15, 0.2) is 83.2 Å². The van der Waals surface area contributed by atoms with Crippen LogP contribution in [-0.2, 0) is 4.79 Å². The Kier molecular flexibility index (Phi) is 4.54. The molecule has 4 rings (SSSR count). The molecular weight excluding hydrogens is 346 g/mol. The van der Waals surface area contributed by atoms with E-state index in [1.54, 1.807) is 0 Å². The normalized spacial score (nSPS) is 21.2. The van der Waals surface area contributed by atoms with Crippen molar-refractivity contribution in [3.05, 3.63) is 94.3 Å². The molecule has 2 aliphatic rings. The van der Waals surface area contributed by atoms with Crippen LogP contribution in [0.5, 0.6) is 0 Å². The first kappa shape index (κ1) is 18.4. The Hall–Kier alpha value is -2.94. The van der Waals surface area contributed by atoms with Gasteiger partial charge in [0, 0.05) is 40.4 Å². The third kappa shape index (κ3) is 3.22. The summed E-state index contributed by atoms with van der Waals surface area (Å²) in [7, 11) is 0. The number of benzene rings is 2. The van der Waals surface area contributed by atoms with Gasteiger partial charge in [-0.2, -0.15) is 0 Å². The summed E-state index contributed by atoms with van der Waals surface area (Å²) in [4.78, 5) is 26.7. The van der Waals surface area contributed by atoms with Gasteiger partial charge in [0.25, 0.3) is 0 Å². The Morgan fingerprint density at radius 2 is 1.57 bits per heavy atom. The van der Waals surface area contributed by atoms with Crippen LogP contribution >= 0.6 is 0 Å². The quantitative estimate of drug-likeness (QED) is 0.757. The number of ketones is 2. The van der Waals surface area contributed by atoms with Crippen molar-refractivity contribution < 1.29 is 9.59 Å². The minimum Gasteiger partial charge on any atom is -0.362 e. The van der Waals surface area contributed by atoms with Gasteiger partial charge < -0.3 is 5.32 Å². The standard InChI is InChI=1S/C25H25NO2/c1-16-21(24(28)18-12-8-5-9-13-18)22(17-10-6-4-7-11-17)23-19(26-16)14-25(2,3)15-20(23)27/h4-13,22,26H,14-15H2,1-3H3/t22-/m1/s1. The first-order valence-electron chi connectivity index (χ1n) is 9.76. The predicted molar refractivity (Wildman–Crippen MR) is 111 cm³/mol. The van der Waals surface area contributed by atoms with Crippen LogP contribution in [-0.4, -0.2) is 11.6 Å². The van der Waals surface area contributed by atoms with Crippen LogP contribution in [0.25, 0.3) is 0 Å². The van der Waals surface area contributed by atoms with E-state index in [9.17, 15) is 9.59 Å². The lowest BCUT2D eigenvalue weighted by Crippen LogP contribution is -2.38. The topological polar surface area (TPSA) is 46.2 Å². The molecule has 142 valence electrons. The number of allylic oxidation sites excluding steroid dienone is 4. The van der Waals surface area contributed by atoms with Crippen LogP contribution < -0.4 is 5.32 Å². The first-order valence-corrected chi connectivity index (χ1v) is 9.76. The van der Waals surface area contributed by atoms with E-state index in [2.05, 4.69) is 19.2 Å². The van der Waals surface area contributed by atoms with Gasteiger partial charge in [0.2, 0.25) is 0 Å². The molecule has 1 aliphatic carbocycles. The van der Waals surface area contributed by atoms with Gasteiger partial charge in [0.05, 0.1) is 0 Å². The monoisotopic (exact) mass is 371 g/mol. The van der Waals surface area contributed by atoms with Crippen molar-refractivity contribution in [3.63, 3.8) is 0 Å². The van der Waals surface area contributed by atoms with Gasteiger partial charge in [-0.3, -0.25) is 9.59 Å². The van der Waals surface area contributed by atoms with Crippen molar-refractivity contribution in [2.45, 2.75) is 39.5 Å². The molecule has 2 aromatic rings. The average molecular weight is 371 g/mol. The van der Waals surface area contributed by atoms with E-state index in [1.165, 1.54) is 0 Å². The zero-order valence-electron chi connectivity index (χ0n) is 16.6. The largest absolute Gasteiger partial charge is 0.362 e. The van der Waals surface area contributed by atoms with Crippen molar-refractivity contribution in [1.82, 2.24) is 5.32 Å². The summed E-state index contributed by atoms with van der Waals surface area (Å²) in [6, 6.07) is 19.2. The van der Waals surface area contributed by atoms with Crippen molar-refractivity contribution in [1.29, 1.82) is 0 Å². The van der Waals surface area contributed by atoms with E-state index >= 15 is 0 Å². The number of Topliss-reactive ketones (excluding diaryl/α,β-unsaturated/α-hetero) is 2. The summed E-state index contributed by atoms with van der Waals surface area (Å²) in [6.07, 6.45) is 1.31. The Balaban J connectivity index is 1.89. The number of carbonyl (C=O) groups excluding carboxylic acids is 2. The summed E-state index contributed by atoms with van der Waals surface area (Å²) < 4.78 is 0. The molecule has 0 bridgehead atoms. The highest BCUT2D eigenvalue weighted by Crippen LogP contribution is 2.47. The molecule has 0 saturated carbocycles. The fourth-order valence-electron chi connectivity index (χ4n) is 4.46. The van der Waals surface area contributed by atoms with E-state index < -0.39 is 0 Å². The van der Waals surface area contributed by atoms with E-state index in [0.717, 1.165) is 29.0 Å². The summed E-state index contributed by atoms with van der Waals surface area (Å²) in [5.74, 6) is -0.212. The van der Waals surface area contributed by atoms with E-state index in [4.69, 9.17) is 0 Å². The Bertz CT molecular complexity index is 997. The highest BCUT2D eigenvalue weighted by atomic mass is 16.1. The third-order valence-electron chi connectivity index (χ3n) is 5.65. The van der Waals surface area contributed by atoms with Crippen molar-refractivity contribution in [2.24, 2.45) is 5.41 Å². The summed E-state index contributed by atoms with van der Waals surface area (Å²) in [5, 5.41) is 3.42. The predicted octanol–water partition coefficient (Wildman–Crippen LogP) is 5.17. The minimum atomic E-state index is -0.325. The lowest BCUT2D eigenvalue weighted by atomic mass is 9.68. The highest BCUT2D eigenvalue weighted by molar-refractivity contribution is 6.13. The molecule has 0 aromatic heterocycles. The van der Waals surface area contributed by atoms with Crippen LogP contribution in [0.3, 0.4) is 0 Å². The first-order chi connectivity index (χ1) is 13.4. The molecule has 1 atom stereocenters. The van der Waals surface area contributed by atoms with Crippen LogP contribution in [0.2, 0.25) is 0 Å². The fourth-order valence-corrected chi connectivity index (χ4v) is 4.46. The van der Waals surface area contributed by atoms with Gasteiger partial charge in [-0.05, 0) is 24.3 Å². The number of dihydropyridines is 1. The number of hydrogen-bond acceptors (Lipinski definition) is 3. The summed E-state index contributed by atoms with van der Waals surface area (Å²) in [5.41, 5.74) is 4.80. The highest BCUT2D eigenvalue weighted by Gasteiger charge is 2.42. The maximum Gasteiger partial charge on any atom is 0.191 e. The lowest BCUT2D eigenvalue weighted by molar-refractivity contribution is -0.118. The molecule has 3 heteroatoms. The van der Waals surface area contributed by atoms with Crippen LogP contribution in [0, 0.1) is 5.41 Å². The molecule has 0 spiro atoms. The van der Waals surface area contributed by atoms with Gasteiger partial charge in [0.1, 0.15) is 0 Å². The maximum absolute atomic E-state index is 13.5. The van der Waals surface area contributed by atoms with Gasteiger partial charge in [-0.1, -0.05) is 74.5 Å². The maximum atomic E-state index is 13.5. The van der Waals surface area contributed by atoms with Gasteiger partial charge in [0.15, 0.2) is 11.6 Å². The molecule has 0 fully saturated rings. The molecular formula is C25H25NO2. The van der Waals surface area contributed by atoms with Gasteiger partial charge in [-0.25, -0.2) is 0 Å². The molecule has 0 saturated heterocycles. The number of hydrogen-bond donors (Lipinski definition) is 1. The number of carbonyl (C=O) groups is 2. The number of rotatable bonds is 3. The van der Waals surface area contributed by atoms with Gasteiger partial charge in [-0.15, -0.1) is 0 Å². The molecule has 1 N–H and O–H groups in total. The third-order valence-corrected chi connectivity index (χ3v) is 5.65. The van der Waals surface area contributed by atoms with E-state index in [1.807, 2.05) is 67.6 Å². The Morgan fingerprint density at radius 3 is 2.21 bits per heavy atom. The molecule has 3 nitrogen and oxygen atoms in total. The molecule has 28 heavy (non-hydrogen) atoms. The molecule has 1 aliphatic heterocycles. The molecule has 0 radical (unpaired) electrons. The molecule has 2 aromatic carbocycles. The second kappa shape index (κ2) is 6.90. The number of nitrogens with one attached hydrogen (secondary N) is 1. The second-order valence-corrected chi connectivity index (χ2v) is 8.54. The van der Waals surface area contributed by atoms with Crippen molar-refractivity contribution >= 4 is 11.6 Å². The second-order valence-electron chi connectivity index (χ2n) is 8.54. The lowest BCUT2D eigenvalue weighted by Gasteiger charge is -2.39. The van der Waals surface area contributed by atoms with Gasteiger partial charge >= 0.3 is 0 Å². The molecule has 0 amide bonds.